The van der Waals surface area contributed by atoms with Crippen LogP contribution in [0.3, 0.4) is 0 Å². The highest BCUT2D eigenvalue weighted by Crippen LogP contribution is 2.29. The molecule has 20 heavy (non-hydrogen) atoms. The van der Waals surface area contributed by atoms with Crippen LogP contribution in [0, 0.1) is 5.92 Å². The zero-order valence-corrected chi connectivity index (χ0v) is 12.4. The molecule has 114 valence electrons. The fraction of sp³-hybridized carbons (Fsp3) is 0.600. The first-order chi connectivity index (χ1) is 9.12. The maximum atomic E-state index is 12.5. The second-order valence-electron chi connectivity index (χ2n) is 5.65. The Bertz CT molecular complexity index is 412. The van der Waals surface area contributed by atoms with Crippen molar-refractivity contribution in [1.82, 2.24) is 4.90 Å². The fourth-order valence-corrected chi connectivity index (χ4v) is 2.01. The highest BCUT2D eigenvalue weighted by Gasteiger charge is 2.30. The van der Waals surface area contributed by atoms with Gasteiger partial charge in [-0.25, -0.2) is 0 Å². The van der Waals surface area contributed by atoms with Crippen LogP contribution in [0.15, 0.2) is 24.3 Å². The van der Waals surface area contributed by atoms with Crippen molar-refractivity contribution in [3.63, 3.8) is 0 Å². The maximum Gasteiger partial charge on any atom is 0.416 e. The van der Waals surface area contributed by atoms with E-state index in [9.17, 15) is 13.2 Å². The van der Waals surface area contributed by atoms with Crippen molar-refractivity contribution in [1.29, 1.82) is 0 Å². The van der Waals surface area contributed by atoms with Gasteiger partial charge in [-0.2, -0.15) is 13.2 Å². The van der Waals surface area contributed by atoms with Crippen LogP contribution in [-0.4, -0.2) is 24.5 Å². The van der Waals surface area contributed by atoms with Crippen LogP contribution in [0.1, 0.15) is 37.9 Å². The molecule has 0 amide bonds. The van der Waals surface area contributed by atoms with Crippen molar-refractivity contribution < 1.29 is 13.2 Å². The summed E-state index contributed by atoms with van der Waals surface area (Å²) in [6, 6.07) is 5.17. The molecular weight excluding hydrogens is 265 g/mol. The van der Waals surface area contributed by atoms with E-state index < -0.39 is 11.7 Å². The Hall–Kier alpha value is -1.07. The predicted molar refractivity (Wildman–Crippen MR) is 75.3 cm³/mol. The summed E-state index contributed by atoms with van der Waals surface area (Å²) in [6.07, 6.45) is -4.30. The maximum absolute atomic E-state index is 12.5. The Balaban J connectivity index is 2.71. The van der Waals surface area contributed by atoms with Crippen LogP contribution in [0.2, 0.25) is 0 Å². The molecule has 0 aromatic heterocycles. The number of halogens is 3. The van der Waals surface area contributed by atoms with E-state index in [1.54, 1.807) is 0 Å². The first kappa shape index (κ1) is 17.0. The molecule has 0 aliphatic rings. The van der Waals surface area contributed by atoms with Crippen molar-refractivity contribution >= 4 is 0 Å². The average molecular weight is 288 g/mol. The minimum absolute atomic E-state index is 0.288. The molecule has 1 aromatic carbocycles. The number of likely N-dealkylation sites (N-methyl/N-ethyl adjacent to an activating group) is 1. The van der Waals surface area contributed by atoms with E-state index in [1.807, 2.05) is 7.05 Å². The summed E-state index contributed by atoms with van der Waals surface area (Å²) < 4.78 is 37.5. The van der Waals surface area contributed by atoms with Gasteiger partial charge in [0.1, 0.15) is 0 Å². The fourth-order valence-electron chi connectivity index (χ4n) is 2.01. The molecule has 0 aliphatic carbocycles. The molecule has 2 unspecified atom stereocenters. The van der Waals surface area contributed by atoms with E-state index in [2.05, 4.69) is 25.7 Å². The Morgan fingerprint density at radius 2 is 1.60 bits per heavy atom. The number of alkyl halides is 3. The number of benzene rings is 1. The van der Waals surface area contributed by atoms with Gasteiger partial charge in [-0.1, -0.05) is 26.0 Å². The third-order valence-corrected chi connectivity index (χ3v) is 3.81. The molecule has 0 bridgehead atoms. The summed E-state index contributed by atoms with van der Waals surface area (Å²) in [4.78, 5) is 2.13. The van der Waals surface area contributed by atoms with Crippen LogP contribution in [-0.2, 0) is 6.18 Å². The summed E-state index contributed by atoms with van der Waals surface area (Å²) in [5, 5.41) is 0. The van der Waals surface area contributed by atoms with Crippen molar-refractivity contribution in [2.75, 3.05) is 13.6 Å². The normalized spacial score (nSPS) is 15.7. The monoisotopic (exact) mass is 288 g/mol. The Labute approximate surface area is 118 Å². The molecule has 0 saturated carbocycles. The largest absolute Gasteiger partial charge is 0.416 e. The standard InChI is InChI=1S/C15H23F3N2/c1-10(2)11(3)20(4)9-14(19)12-5-7-13(8-6-12)15(16,17)18/h5-8,10-11,14H,9,19H2,1-4H3. The molecule has 2 atom stereocenters. The van der Waals surface area contributed by atoms with Crippen LogP contribution in [0.5, 0.6) is 0 Å². The second kappa shape index (κ2) is 6.59. The molecule has 1 rings (SSSR count). The first-order valence-electron chi connectivity index (χ1n) is 6.76. The molecule has 2 N–H and O–H groups in total. The lowest BCUT2D eigenvalue weighted by Gasteiger charge is -2.30. The number of rotatable bonds is 5. The first-order valence-corrected chi connectivity index (χ1v) is 6.76. The summed E-state index contributed by atoms with van der Waals surface area (Å²) in [6.45, 7) is 6.99. The molecule has 0 radical (unpaired) electrons. The topological polar surface area (TPSA) is 29.3 Å². The number of hydrogen-bond donors (Lipinski definition) is 1. The van der Waals surface area contributed by atoms with Gasteiger partial charge in [0.2, 0.25) is 0 Å². The molecule has 1 aromatic rings. The Morgan fingerprint density at radius 3 is 2.00 bits per heavy atom. The van der Waals surface area contributed by atoms with Crippen molar-refractivity contribution in [3.05, 3.63) is 35.4 Å². The van der Waals surface area contributed by atoms with Gasteiger partial charge < -0.3 is 10.6 Å². The van der Waals surface area contributed by atoms with Crippen molar-refractivity contribution in [3.8, 4) is 0 Å². The van der Waals surface area contributed by atoms with E-state index in [4.69, 9.17) is 5.73 Å². The third-order valence-electron chi connectivity index (χ3n) is 3.81. The van der Waals surface area contributed by atoms with Gasteiger partial charge in [0, 0.05) is 18.6 Å². The van der Waals surface area contributed by atoms with Crippen LogP contribution >= 0.6 is 0 Å². The molecule has 0 fully saturated rings. The SMILES string of the molecule is CC(C)C(C)N(C)CC(N)c1ccc(C(F)(F)F)cc1. The lowest BCUT2D eigenvalue weighted by atomic mass is 10.0. The quantitative estimate of drug-likeness (QED) is 0.895. The van der Waals surface area contributed by atoms with Gasteiger partial charge in [0.05, 0.1) is 5.56 Å². The van der Waals surface area contributed by atoms with Gasteiger partial charge >= 0.3 is 6.18 Å². The summed E-state index contributed by atoms with van der Waals surface area (Å²) in [7, 11) is 1.98. The zero-order chi connectivity index (χ0) is 15.5. The second-order valence-corrected chi connectivity index (χ2v) is 5.65. The Kier molecular flexibility index (Phi) is 5.59. The van der Waals surface area contributed by atoms with Crippen molar-refractivity contribution in [2.24, 2.45) is 11.7 Å². The molecule has 2 nitrogen and oxygen atoms in total. The summed E-state index contributed by atoms with van der Waals surface area (Å²) in [5.74, 6) is 0.500. The minimum atomic E-state index is -4.30. The average Bonchev–Trinajstić information content (AvgIpc) is 2.36. The Morgan fingerprint density at radius 1 is 1.10 bits per heavy atom. The van der Waals surface area contributed by atoms with E-state index in [0.29, 0.717) is 18.5 Å². The minimum Gasteiger partial charge on any atom is -0.323 e. The number of nitrogens with two attached hydrogens (primary N) is 1. The molecule has 5 heteroatoms. The third kappa shape index (κ3) is 4.49. The van der Waals surface area contributed by atoms with Gasteiger partial charge in [0.15, 0.2) is 0 Å². The summed E-state index contributed by atoms with van der Waals surface area (Å²) >= 11 is 0. The molecular formula is C15H23F3N2. The van der Waals surface area contributed by atoms with Crippen LogP contribution in [0.4, 0.5) is 13.2 Å². The van der Waals surface area contributed by atoms with Crippen LogP contribution in [0.25, 0.3) is 0 Å². The number of hydrogen-bond acceptors (Lipinski definition) is 2. The van der Waals surface area contributed by atoms with E-state index in [0.717, 1.165) is 17.7 Å². The van der Waals surface area contributed by atoms with E-state index in [1.165, 1.54) is 12.1 Å². The van der Waals surface area contributed by atoms with E-state index >= 15 is 0 Å². The van der Waals surface area contributed by atoms with Gasteiger partial charge in [-0.3, -0.25) is 0 Å². The van der Waals surface area contributed by atoms with Crippen LogP contribution < -0.4 is 5.73 Å². The smallest absolute Gasteiger partial charge is 0.323 e. The highest BCUT2D eigenvalue weighted by atomic mass is 19.4. The summed E-state index contributed by atoms with van der Waals surface area (Å²) in [5.41, 5.74) is 6.15. The van der Waals surface area contributed by atoms with E-state index in [-0.39, 0.29) is 6.04 Å². The zero-order valence-electron chi connectivity index (χ0n) is 12.4. The highest BCUT2D eigenvalue weighted by molar-refractivity contribution is 5.26. The molecule has 0 saturated heterocycles. The number of nitrogens with zero attached hydrogens (tertiary/aromatic N) is 1. The lowest BCUT2D eigenvalue weighted by Crippen LogP contribution is -2.38. The predicted octanol–water partition coefficient (Wildman–Crippen LogP) is 3.68. The molecule has 0 aliphatic heterocycles. The van der Waals surface area contributed by atoms with Gasteiger partial charge in [-0.15, -0.1) is 0 Å². The van der Waals surface area contributed by atoms with Gasteiger partial charge in [0.25, 0.3) is 0 Å². The molecule has 0 heterocycles. The molecule has 0 spiro atoms. The lowest BCUT2D eigenvalue weighted by molar-refractivity contribution is -0.137. The van der Waals surface area contributed by atoms with Gasteiger partial charge in [-0.05, 0) is 37.6 Å². The van der Waals surface area contributed by atoms with Crippen molar-refractivity contribution in [2.45, 2.75) is 39.0 Å².